The van der Waals surface area contributed by atoms with Gasteiger partial charge >= 0.3 is 0 Å². The highest BCUT2D eigenvalue weighted by atomic mass is 16.5. The molecule has 0 unspecified atom stereocenters. The molecule has 14 heavy (non-hydrogen) atoms. The molecule has 0 radical (unpaired) electrons. The minimum Gasteiger partial charge on any atom is -0.378 e. The maximum absolute atomic E-state index is 11.3. The Balaban J connectivity index is 2.01. The van der Waals surface area contributed by atoms with Crippen LogP contribution in [0.1, 0.15) is 33.1 Å². The third kappa shape index (κ3) is 3.76. The van der Waals surface area contributed by atoms with Gasteiger partial charge in [-0.2, -0.15) is 0 Å². The summed E-state index contributed by atoms with van der Waals surface area (Å²) in [6.07, 6.45) is 3.17. The van der Waals surface area contributed by atoms with Crippen LogP contribution in [0, 0.1) is 5.92 Å². The van der Waals surface area contributed by atoms with Gasteiger partial charge in [0.2, 0.25) is 0 Å². The van der Waals surface area contributed by atoms with Crippen molar-refractivity contribution in [2.75, 3.05) is 19.8 Å². The van der Waals surface area contributed by atoms with E-state index in [1.54, 1.807) is 0 Å². The predicted octanol–water partition coefficient (Wildman–Crippen LogP) is 1.80. The maximum Gasteiger partial charge on any atom is 0.158 e. The van der Waals surface area contributed by atoms with Crippen molar-refractivity contribution in [1.29, 1.82) is 0 Å². The zero-order valence-corrected chi connectivity index (χ0v) is 9.12. The van der Waals surface area contributed by atoms with E-state index < -0.39 is 0 Å². The van der Waals surface area contributed by atoms with E-state index in [1.165, 1.54) is 0 Å². The average molecular weight is 200 g/mol. The van der Waals surface area contributed by atoms with Crippen molar-refractivity contribution in [2.45, 2.75) is 39.2 Å². The molecular formula is C11H20O3. The molecule has 3 heteroatoms. The van der Waals surface area contributed by atoms with Crippen LogP contribution in [-0.2, 0) is 14.3 Å². The van der Waals surface area contributed by atoms with E-state index in [1.807, 2.05) is 13.8 Å². The number of rotatable bonds is 7. The summed E-state index contributed by atoms with van der Waals surface area (Å²) in [6.45, 7) is 5.60. The first-order chi connectivity index (χ1) is 6.76. The summed E-state index contributed by atoms with van der Waals surface area (Å²) in [6, 6.07) is 0. The predicted molar refractivity (Wildman–Crippen MR) is 54.3 cm³/mol. The lowest BCUT2D eigenvalue weighted by Crippen LogP contribution is -2.33. The first-order valence-corrected chi connectivity index (χ1v) is 5.47. The lowest BCUT2D eigenvalue weighted by molar-refractivity contribution is -0.126. The Morgan fingerprint density at radius 3 is 2.57 bits per heavy atom. The van der Waals surface area contributed by atoms with E-state index in [0.717, 1.165) is 19.4 Å². The lowest BCUT2D eigenvalue weighted by atomic mass is 9.79. The van der Waals surface area contributed by atoms with Crippen molar-refractivity contribution in [2.24, 2.45) is 5.92 Å². The highest BCUT2D eigenvalue weighted by molar-refractivity contribution is 5.79. The molecule has 0 N–H and O–H groups in total. The minimum absolute atomic E-state index is 0.229. The number of ketones is 1. The molecule has 0 atom stereocenters. The van der Waals surface area contributed by atoms with Gasteiger partial charge in [0.25, 0.3) is 0 Å². The van der Waals surface area contributed by atoms with Crippen LogP contribution in [0.2, 0.25) is 0 Å². The highest BCUT2D eigenvalue weighted by Crippen LogP contribution is 2.32. The zero-order chi connectivity index (χ0) is 10.4. The van der Waals surface area contributed by atoms with Crippen molar-refractivity contribution >= 4 is 5.78 Å². The fraction of sp³-hybridized carbons (Fsp3) is 0.909. The largest absolute Gasteiger partial charge is 0.378 e. The molecule has 1 fully saturated rings. The quantitative estimate of drug-likeness (QED) is 0.628. The maximum atomic E-state index is 11.3. The summed E-state index contributed by atoms with van der Waals surface area (Å²) >= 11 is 0. The van der Waals surface area contributed by atoms with Gasteiger partial charge in [0.05, 0.1) is 6.10 Å². The molecule has 0 bridgehead atoms. The number of Topliss-reactive ketones (excluding diaryl/α,β-unsaturated/α-hetero) is 1. The summed E-state index contributed by atoms with van der Waals surface area (Å²) < 4.78 is 10.5. The lowest BCUT2D eigenvalue weighted by Gasteiger charge is -2.34. The molecule has 0 amide bonds. The second kappa shape index (κ2) is 6.14. The van der Waals surface area contributed by atoms with E-state index in [0.29, 0.717) is 25.0 Å². The van der Waals surface area contributed by atoms with E-state index in [2.05, 4.69) is 0 Å². The van der Waals surface area contributed by atoms with Crippen molar-refractivity contribution in [1.82, 2.24) is 0 Å². The van der Waals surface area contributed by atoms with E-state index >= 15 is 0 Å². The van der Waals surface area contributed by atoms with Crippen LogP contribution >= 0.6 is 0 Å². The fourth-order valence-electron chi connectivity index (χ4n) is 1.81. The van der Waals surface area contributed by atoms with Gasteiger partial charge in [0, 0.05) is 19.6 Å². The molecule has 1 aliphatic rings. The third-order valence-corrected chi connectivity index (χ3v) is 2.58. The molecule has 0 spiro atoms. The Morgan fingerprint density at radius 2 is 2.00 bits per heavy atom. The van der Waals surface area contributed by atoms with Gasteiger partial charge in [-0.1, -0.05) is 0 Å². The van der Waals surface area contributed by atoms with Crippen LogP contribution in [0.3, 0.4) is 0 Å². The average Bonchev–Trinajstić information content (AvgIpc) is 2.11. The molecule has 0 saturated heterocycles. The molecular weight excluding hydrogens is 180 g/mol. The first-order valence-electron chi connectivity index (χ1n) is 5.47. The van der Waals surface area contributed by atoms with E-state index in [4.69, 9.17) is 9.47 Å². The monoisotopic (exact) mass is 200 g/mol. The minimum atomic E-state index is 0.229. The summed E-state index contributed by atoms with van der Waals surface area (Å²) in [7, 11) is 0. The van der Waals surface area contributed by atoms with Crippen molar-refractivity contribution in [3.8, 4) is 0 Å². The number of carbonyl (C=O) groups is 1. The first kappa shape index (κ1) is 11.7. The Morgan fingerprint density at radius 1 is 1.29 bits per heavy atom. The zero-order valence-electron chi connectivity index (χ0n) is 9.12. The van der Waals surface area contributed by atoms with Crippen LogP contribution in [0.15, 0.2) is 0 Å². The standard InChI is InChI=1S/C11H20O3/c1-3-13-8-10(12)5-9-6-11(7-9)14-4-2/h9,11H,3-8H2,1-2H3. The smallest absolute Gasteiger partial charge is 0.158 e. The SMILES string of the molecule is CCOCC(=O)CC1CC(OCC)C1. The molecule has 0 aliphatic heterocycles. The normalized spacial score (nSPS) is 25.9. The second-order valence-electron chi connectivity index (χ2n) is 3.79. The molecule has 0 aromatic heterocycles. The Labute approximate surface area is 85.8 Å². The Kier molecular flexibility index (Phi) is 5.12. The number of carbonyl (C=O) groups excluding carboxylic acids is 1. The van der Waals surface area contributed by atoms with Crippen LogP contribution < -0.4 is 0 Å². The number of hydrogen-bond donors (Lipinski definition) is 0. The molecule has 0 aromatic rings. The third-order valence-electron chi connectivity index (χ3n) is 2.58. The molecule has 82 valence electrons. The topological polar surface area (TPSA) is 35.5 Å². The molecule has 0 heterocycles. The van der Waals surface area contributed by atoms with Gasteiger partial charge < -0.3 is 9.47 Å². The van der Waals surface area contributed by atoms with Gasteiger partial charge in [0.15, 0.2) is 5.78 Å². The molecule has 3 nitrogen and oxygen atoms in total. The van der Waals surface area contributed by atoms with Gasteiger partial charge in [-0.3, -0.25) is 4.79 Å². The van der Waals surface area contributed by atoms with Gasteiger partial charge in [-0.05, 0) is 32.6 Å². The number of ether oxygens (including phenoxy) is 2. The summed E-state index contributed by atoms with van der Waals surface area (Å²) in [5, 5.41) is 0. The van der Waals surface area contributed by atoms with E-state index in [-0.39, 0.29) is 12.4 Å². The van der Waals surface area contributed by atoms with Crippen LogP contribution in [0.4, 0.5) is 0 Å². The van der Waals surface area contributed by atoms with Crippen LogP contribution in [0.5, 0.6) is 0 Å². The molecule has 0 aromatic carbocycles. The van der Waals surface area contributed by atoms with Crippen LogP contribution in [-0.4, -0.2) is 31.7 Å². The number of hydrogen-bond acceptors (Lipinski definition) is 3. The van der Waals surface area contributed by atoms with Gasteiger partial charge in [0.1, 0.15) is 6.61 Å². The summed E-state index contributed by atoms with van der Waals surface area (Å²) in [4.78, 5) is 11.3. The van der Waals surface area contributed by atoms with Crippen molar-refractivity contribution in [3.63, 3.8) is 0 Å². The summed E-state index contributed by atoms with van der Waals surface area (Å²) in [5.41, 5.74) is 0. The molecule has 1 aliphatic carbocycles. The second-order valence-corrected chi connectivity index (χ2v) is 3.79. The van der Waals surface area contributed by atoms with Gasteiger partial charge in [-0.25, -0.2) is 0 Å². The summed E-state index contributed by atoms with van der Waals surface area (Å²) in [5.74, 6) is 0.770. The fourth-order valence-corrected chi connectivity index (χ4v) is 1.81. The molecule has 1 saturated carbocycles. The van der Waals surface area contributed by atoms with Gasteiger partial charge in [-0.15, -0.1) is 0 Å². The Hall–Kier alpha value is -0.410. The van der Waals surface area contributed by atoms with Crippen molar-refractivity contribution < 1.29 is 14.3 Å². The Bertz CT molecular complexity index is 173. The highest BCUT2D eigenvalue weighted by Gasteiger charge is 2.30. The molecule has 1 rings (SSSR count). The van der Waals surface area contributed by atoms with E-state index in [9.17, 15) is 4.79 Å². The van der Waals surface area contributed by atoms with Crippen LogP contribution in [0.25, 0.3) is 0 Å². The van der Waals surface area contributed by atoms with Crippen molar-refractivity contribution in [3.05, 3.63) is 0 Å².